The average Bonchev–Trinajstić information content (AvgIpc) is 2.45. The van der Waals surface area contributed by atoms with Crippen LogP contribution in [-0.4, -0.2) is 15.5 Å². The second kappa shape index (κ2) is 5.44. The Balaban J connectivity index is 2.65. The molecule has 7 heteroatoms. The first-order valence-corrected chi connectivity index (χ1v) is 7.54. The molecule has 0 amide bonds. The van der Waals surface area contributed by atoms with Crippen LogP contribution in [0.25, 0.3) is 0 Å². The lowest BCUT2D eigenvalue weighted by Gasteiger charge is -2.23. The molecule has 6 nitrogen and oxygen atoms in total. The molecule has 0 spiro atoms. The van der Waals surface area contributed by atoms with Gasteiger partial charge in [0.25, 0.3) is 0 Å². The van der Waals surface area contributed by atoms with E-state index in [4.69, 9.17) is 16.1 Å². The third-order valence-electron chi connectivity index (χ3n) is 3.04. The summed E-state index contributed by atoms with van der Waals surface area (Å²) >= 11 is 0. The summed E-state index contributed by atoms with van der Waals surface area (Å²) in [4.78, 5) is 1.51. The fourth-order valence-corrected chi connectivity index (χ4v) is 2.82. The molecule has 0 heterocycles. The van der Waals surface area contributed by atoms with Crippen LogP contribution < -0.4 is 15.8 Å². The minimum Gasteiger partial charge on any atom is -0.399 e. The summed E-state index contributed by atoms with van der Waals surface area (Å²) in [5.41, 5.74) is 7.29. The van der Waals surface area contributed by atoms with Gasteiger partial charge in [-0.15, -0.1) is 0 Å². The topological polar surface area (TPSA) is 113 Å². The normalized spacial score (nSPS) is 10.9. The molecule has 0 aromatic heterocycles. The van der Waals surface area contributed by atoms with E-state index < -0.39 is 10.0 Å². The Hall–Kier alpha value is -2.56. The van der Waals surface area contributed by atoms with Gasteiger partial charge in [-0.05, 0) is 30.3 Å². The lowest BCUT2D eigenvalue weighted by molar-refractivity contribution is 0.598. The molecule has 0 fully saturated rings. The van der Waals surface area contributed by atoms with E-state index in [0.29, 0.717) is 22.6 Å². The number of primary sulfonamides is 1. The van der Waals surface area contributed by atoms with Crippen LogP contribution in [-0.2, 0) is 10.0 Å². The molecule has 0 saturated carbocycles. The van der Waals surface area contributed by atoms with Crippen molar-refractivity contribution in [3.05, 3.63) is 48.0 Å². The second-order valence-electron chi connectivity index (χ2n) is 4.46. The summed E-state index contributed by atoms with van der Waals surface area (Å²) in [5, 5.41) is 14.4. The zero-order valence-corrected chi connectivity index (χ0v) is 12.1. The molecule has 0 radical (unpaired) electrons. The molecule has 0 bridgehead atoms. The van der Waals surface area contributed by atoms with Crippen molar-refractivity contribution in [3.63, 3.8) is 0 Å². The van der Waals surface area contributed by atoms with Gasteiger partial charge in [0.1, 0.15) is 11.0 Å². The minimum absolute atomic E-state index is 0.0854. The van der Waals surface area contributed by atoms with Gasteiger partial charge in [-0.2, -0.15) is 5.26 Å². The Labute approximate surface area is 123 Å². The molecule has 21 heavy (non-hydrogen) atoms. The van der Waals surface area contributed by atoms with E-state index in [9.17, 15) is 8.42 Å². The molecule has 2 aromatic carbocycles. The number of nitrogen functional groups attached to an aromatic ring is 1. The Kier molecular flexibility index (Phi) is 3.84. The lowest BCUT2D eigenvalue weighted by Crippen LogP contribution is -2.19. The van der Waals surface area contributed by atoms with E-state index in [0.717, 1.165) is 0 Å². The predicted octanol–water partition coefficient (Wildman–Crippen LogP) is 1.56. The van der Waals surface area contributed by atoms with E-state index in [1.165, 1.54) is 6.07 Å². The highest BCUT2D eigenvalue weighted by atomic mass is 32.2. The monoisotopic (exact) mass is 302 g/mol. The molecule has 2 rings (SSSR count). The van der Waals surface area contributed by atoms with Crippen LogP contribution in [0.3, 0.4) is 0 Å². The van der Waals surface area contributed by atoms with Crippen molar-refractivity contribution < 1.29 is 8.42 Å². The number of para-hydroxylation sites is 1. The summed E-state index contributed by atoms with van der Waals surface area (Å²) in [6.45, 7) is 0. The maximum Gasteiger partial charge on any atom is 0.240 e. The molecule has 4 N–H and O–H groups in total. The summed E-state index contributed by atoms with van der Waals surface area (Å²) in [7, 11) is -2.27. The molecular formula is C14H14N4O2S. The van der Waals surface area contributed by atoms with Crippen LogP contribution >= 0.6 is 0 Å². The quantitative estimate of drug-likeness (QED) is 0.835. The van der Waals surface area contributed by atoms with Crippen molar-refractivity contribution in [1.82, 2.24) is 0 Å². The Morgan fingerprint density at radius 3 is 2.43 bits per heavy atom. The number of nitrogens with zero attached hydrogens (tertiary/aromatic N) is 2. The van der Waals surface area contributed by atoms with Gasteiger partial charge in [0, 0.05) is 12.7 Å². The van der Waals surface area contributed by atoms with Crippen molar-refractivity contribution in [2.75, 3.05) is 17.7 Å². The van der Waals surface area contributed by atoms with Crippen molar-refractivity contribution in [2.45, 2.75) is 4.90 Å². The van der Waals surface area contributed by atoms with Crippen molar-refractivity contribution in [2.24, 2.45) is 5.14 Å². The minimum atomic E-state index is -3.93. The van der Waals surface area contributed by atoms with Gasteiger partial charge >= 0.3 is 0 Å². The summed E-state index contributed by atoms with van der Waals surface area (Å²) in [5.74, 6) is 0. The maximum absolute atomic E-state index is 11.7. The van der Waals surface area contributed by atoms with Gasteiger partial charge in [-0.1, -0.05) is 12.1 Å². The number of nitrogens with two attached hydrogens (primary N) is 2. The number of anilines is 3. The second-order valence-corrected chi connectivity index (χ2v) is 5.99. The summed E-state index contributed by atoms with van der Waals surface area (Å²) in [6, 6.07) is 13.4. The highest BCUT2D eigenvalue weighted by molar-refractivity contribution is 7.89. The predicted molar refractivity (Wildman–Crippen MR) is 81.4 cm³/mol. The summed E-state index contributed by atoms with van der Waals surface area (Å²) < 4.78 is 23.5. The van der Waals surface area contributed by atoms with Gasteiger partial charge in [0.2, 0.25) is 10.0 Å². The van der Waals surface area contributed by atoms with Gasteiger partial charge < -0.3 is 10.6 Å². The van der Waals surface area contributed by atoms with Crippen LogP contribution in [0, 0.1) is 11.3 Å². The highest BCUT2D eigenvalue weighted by Gasteiger charge is 2.19. The van der Waals surface area contributed by atoms with Gasteiger partial charge in [-0.25, -0.2) is 13.6 Å². The first-order valence-electron chi connectivity index (χ1n) is 6.00. The molecule has 0 aliphatic heterocycles. The third-order valence-corrected chi connectivity index (χ3v) is 3.98. The average molecular weight is 302 g/mol. The van der Waals surface area contributed by atoms with Crippen molar-refractivity contribution >= 4 is 27.1 Å². The Morgan fingerprint density at radius 2 is 1.81 bits per heavy atom. The molecule has 0 atom stereocenters. The molecule has 0 unspecified atom stereocenters. The van der Waals surface area contributed by atoms with Crippen LogP contribution in [0.15, 0.2) is 47.4 Å². The molecule has 2 aromatic rings. The van der Waals surface area contributed by atoms with E-state index in [1.807, 2.05) is 0 Å². The Morgan fingerprint density at radius 1 is 1.14 bits per heavy atom. The molecule has 0 aliphatic rings. The summed E-state index contributed by atoms with van der Waals surface area (Å²) in [6.07, 6.45) is 0. The lowest BCUT2D eigenvalue weighted by atomic mass is 10.1. The van der Waals surface area contributed by atoms with E-state index in [1.54, 1.807) is 48.3 Å². The van der Waals surface area contributed by atoms with Crippen LogP contribution in [0.5, 0.6) is 0 Å². The molecule has 0 saturated heterocycles. The van der Waals surface area contributed by atoms with Crippen LogP contribution in [0.2, 0.25) is 0 Å². The molecule has 0 aliphatic carbocycles. The fraction of sp³-hybridized carbons (Fsp3) is 0.0714. The number of benzene rings is 2. The van der Waals surface area contributed by atoms with E-state index in [2.05, 4.69) is 6.07 Å². The smallest absolute Gasteiger partial charge is 0.240 e. The van der Waals surface area contributed by atoms with Crippen molar-refractivity contribution in [1.29, 1.82) is 5.26 Å². The number of sulfonamides is 1. The maximum atomic E-state index is 11.7. The number of hydrogen-bond donors (Lipinski definition) is 2. The fourth-order valence-electron chi connectivity index (χ4n) is 2.03. The number of nitriles is 1. The zero-order valence-electron chi connectivity index (χ0n) is 11.3. The third kappa shape index (κ3) is 2.97. The Bertz CT molecular complexity index is 825. The largest absolute Gasteiger partial charge is 0.399 e. The van der Waals surface area contributed by atoms with E-state index in [-0.39, 0.29) is 4.90 Å². The first-order chi connectivity index (χ1) is 9.84. The van der Waals surface area contributed by atoms with Crippen LogP contribution in [0.1, 0.15) is 5.56 Å². The zero-order chi connectivity index (χ0) is 15.6. The molecule has 108 valence electrons. The first kappa shape index (κ1) is 14.8. The number of hydrogen-bond acceptors (Lipinski definition) is 5. The molecular weight excluding hydrogens is 288 g/mol. The van der Waals surface area contributed by atoms with Crippen LogP contribution in [0.4, 0.5) is 17.1 Å². The number of rotatable bonds is 3. The van der Waals surface area contributed by atoms with Gasteiger partial charge in [-0.3, -0.25) is 0 Å². The SMILES string of the molecule is CN(c1ccccc1C#N)c1ccc(N)cc1S(N)(=O)=O. The van der Waals surface area contributed by atoms with Gasteiger partial charge in [0.15, 0.2) is 0 Å². The van der Waals surface area contributed by atoms with E-state index >= 15 is 0 Å². The van der Waals surface area contributed by atoms with Crippen molar-refractivity contribution in [3.8, 4) is 6.07 Å². The highest BCUT2D eigenvalue weighted by Crippen LogP contribution is 2.32. The van der Waals surface area contributed by atoms with Gasteiger partial charge in [0.05, 0.1) is 16.9 Å². The standard InChI is InChI=1S/C14H14N4O2S/c1-18(12-5-3-2-4-10(12)9-15)13-7-6-11(16)8-14(13)21(17,19)20/h2-8H,16H2,1H3,(H2,17,19,20).